The van der Waals surface area contributed by atoms with Crippen molar-refractivity contribution >= 4 is 23.1 Å². The number of hydrogen-bond donors (Lipinski definition) is 1. The molecule has 1 heterocycles. The van der Waals surface area contributed by atoms with Crippen molar-refractivity contribution in [2.45, 2.75) is 6.61 Å². The third kappa shape index (κ3) is 2.81. The highest BCUT2D eigenvalue weighted by atomic mass is 35.5. The number of hydrogen-bond acceptors (Lipinski definition) is 5. The molecule has 0 atom stereocenters. The first-order valence-electron chi connectivity index (χ1n) is 4.14. The maximum atomic E-state index is 8.88. The minimum Gasteiger partial charge on any atom is -0.478 e. The molecule has 0 spiro atoms. The number of rotatable bonds is 3. The average Bonchev–Trinajstić information content (AvgIpc) is 2.64. The molecule has 0 unspecified atom stereocenters. The van der Waals surface area contributed by atoms with E-state index in [1.165, 1.54) is 0 Å². The number of halogens is 1. The number of aromatic nitrogens is 2. The minimum atomic E-state index is -0.258. The van der Waals surface area contributed by atoms with Crippen LogP contribution in [-0.4, -0.2) is 14.5 Å². The molecule has 0 fully saturated rings. The predicted octanol–water partition coefficient (Wildman–Crippen LogP) is 2.48. The Morgan fingerprint density at radius 1 is 1.33 bits per heavy atom. The van der Waals surface area contributed by atoms with Gasteiger partial charge in [-0.15, -0.1) is 9.36 Å². The first kappa shape index (κ1) is 10.2. The van der Waals surface area contributed by atoms with Crippen molar-refractivity contribution in [2.24, 2.45) is 0 Å². The van der Waals surface area contributed by atoms with Gasteiger partial charge in [0, 0.05) is 16.6 Å². The van der Waals surface area contributed by atoms with Crippen LogP contribution in [0.5, 0.6) is 11.2 Å². The van der Waals surface area contributed by atoms with E-state index in [9.17, 15) is 0 Å². The van der Waals surface area contributed by atoms with Gasteiger partial charge in [0.1, 0.15) is 6.61 Å². The van der Waals surface area contributed by atoms with Gasteiger partial charge >= 0.3 is 6.01 Å². The van der Waals surface area contributed by atoms with Crippen LogP contribution in [-0.2, 0) is 6.61 Å². The quantitative estimate of drug-likeness (QED) is 0.899. The molecule has 0 aliphatic rings. The van der Waals surface area contributed by atoms with Gasteiger partial charge in [-0.3, -0.25) is 0 Å². The number of ether oxygens (including phenoxy) is 1. The smallest absolute Gasteiger partial charge is 0.329 e. The maximum absolute atomic E-state index is 8.88. The monoisotopic (exact) mass is 242 g/mol. The van der Waals surface area contributed by atoms with Crippen LogP contribution < -0.4 is 4.74 Å². The molecule has 1 N–H and O–H groups in total. The van der Waals surface area contributed by atoms with E-state index >= 15 is 0 Å². The fourth-order valence-electron chi connectivity index (χ4n) is 0.987. The van der Waals surface area contributed by atoms with Crippen molar-refractivity contribution in [3.05, 3.63) is 34.9 Å². The fraction of sp³-hybridized carbons (Fsp3) is 0.111. The van der Waals surface area contributed by atoms with E-state index in [4.69, 9.17) is 21.4 Å². The van der Waals surface area contributed by atoms with E-state index < -0.39 is 0 Å². The molecule has 1 aromatic carbocycles. The third-order valence-electron chi connectivity index (χ3n) is 1.67. The number of nitrogens with zero attached hydrogens (tertiary/aromatic N) is 2. The van der Waals surface area contributed by atoms with E-state index in [-0.39, 0.29) is 6.01 Å². The summed E-state index contributed by atoms with van der Waals surface area (Å²) in [6.45, 7) is 0.381. The summed E-state index contributed by atoms with van der Waals surface area (Å²) in [5.41, 5.74) is 0.981. The highest BCUT2D eigenvalue weighted by Gasteiger charge is 2.02. The molecule has 2 rings (SSSR count). The van der Waals surface area contributed by atoms with E-state index in [2.05, 4.69) is 9.36 Å². The highest BCUT2D eigenvalue weighted by molar-refractivity contribution is 7.07. The minimum absolute atomic E-state index is 0.258. The number of aromatic hydroxyl groups is 1. The van der Waals surface area contributed by atoms with Crippen LogP contribution in [0.15, 0.2) is 24.3 Å². The van der Waals surface area contributed by atoms with Gasteiger partial charge in [0.25, 0.3) is 5.19 Å². The molecule has 0 saturated carbocycles. The van der Waals surface area contributed by atoms with E-state index in [1.54, 1.807) is 12.1 Å². The molecule has 0 bridgehead atoms. The lowest BCUT2D eigenvalue weighted by atomic mass is 10.2. The van der Waals surface area contributed by atoms with Crippen LogP contribution in [0, 0.1) is 0 Å². The van der Waals surface area contributed by atoms with Gasteiger partial charge in [0.15, 0.2) is 0 Å². The van der Waals surface area contributed by atoms with Crippen molar-refractivity contribution in [3.8, 4) is 11.2 Å². The zero-order chi connectivity index (χ0) is 10.7. The lowest BCUT2D eigenvalue weighted by molar-refractivity contribution is 0.300. The lowest BCUT2D eigenvalue weighted by Crippen LogP contribution is -1.94. The Hall–Kier alpha value is -1.33. The van der Waals surface area contributed by atoms with E-state index in [1.807, 2.05) is 12.1 Å². The molecule has 15 heavy (non-hydrogen) atoms. The van der Waals surface area contributed by atoms with Crippen LogP contribution in [0.25, 0.3) is 0 Å². The standard InChI is InChI=1S/C9H7ClN2O2S/c10-7-3-1-6(2-4-7)5-14-9-11-8(13)12-15-9/h1-4H,5H2,(H,12,13). The van der Waals surface area contributed by atoms with Crippen LogP contribution in [0.4, 0.5) is 0 Å². The summed E-state index contributed by atoms with van der Waals surface area (Å²) in [5, 5.41) is 9.91. The molecule has 1 aromatic heterocycles. The molecule has 0 aliphatic carbocycles. The van der Waals surface area contributed by atoms with Gasteiger partial charge in [-0.1, -0.05) is 23.7 Å². The first-order chi connectivity index (χ1) is 7.24. The fourth-order valence-corrected chi connectivity index (χ4v) is 1.55. The molecule has 78 valence electrons. The molecule has 0 radical (unpaired) electrons. The summed E-state index contributed by atoms with van der Waals surface area (Å²) in [5.74, 6) is 0. The molecular weight excluding hydrogens is 236 g/mol. The second kappa shape index (κ2) is 4.46. The normalized spacial score (nSPS) is 10.2. The van der Waals surface area contributed by atoms with Crippen LogP contribution in [0.2, 0.25) is 5.02 Å². The zero-order valence-corrected chi connectivity index (χ0v) is 9.13. The molecule has 0 saturated heterocycles. The topological polar surface area (TPSA) is 55.2 Å². The van der Waals surface area contributed by atoms with E-state index in [0.29, 0.717) is 16.8 Å². The molecular formula is C9H7ClN2O2S. The van der Waals surface area contributed by atoms with E-state index in [0.717, 1.165) is 17.1 Å². The lowest BCUT2D eigenvalue weighted by Gasteiger charge is -2.01. The summed E-state index contributed by atoms with van der Waals surface area (Å²) in [4.78, 5) is 3.66. The predicted molar refractivity (Wildman–Crippen MR) is 57.4 cm³/mol. The van der Waals surface area contributed by atoms with Crippen molar-refractivity contribution in [1.82, 2.24) is 9.36 Å². The summed E-state index contributed by atoms with van der Waals surface area (Å²) in [7, 11) is 0. The molecule has 0 aliphatic heterocycles. The molecule has 2 aromatic rings. The average molecular weight is 243 g/mol. The van der Waals surface area contributed by atoms with Gasteiger partial charge in [-0.2, -0.15) is 0 Å². The Morgan fingerprint density at radius 3 is 2.67 bits per heavy atom. The largest absolute Gasteiger partial charge is 0.478 e. The van der Waals surface area contributed by atoms with Crippen molar-refractivity contribution in [3.63, 3.8) is 0 Å². The molecule has 4 nitrogen and oxygen atoms in total. The summed E-state index contributed by atoms with van der Waals surface area (Å²) >= 11 is 6.75. The van der Waals surface area contributed by atoms with Gasteiger partial charge in [0.2, 0.25) is 0 Å². The third-order valence-corrected chi connectivity index (χ3v) is 2.54. The molecule has 6 heteroatoms. The Kier molecular flexibility index (Phi) is 3.03. The van der Waals surface area contributed by atoms with Crippen LogP contribution >= 0.6 is 23.1 Å². The summed E-state index contributed by atoms with van der Waals surface area (Å²) in [6, 6.07) is 7.05. The van der Waals surface area contributed by atoms with Gasteiger partial charge in [-0.05, 0) is 17.7 Å². The zero-order valence-electron chi connectivity index (χ0n) is 7.55. The highest BCUT2D eigenvalue weighted by Crippen LogP contribution is 2.19. The Morgan fingerprint density at radius 2 is 2.07 bits per heavy atom. The van der Waals surface area contributed by atoms with Crippen molar-refractivity contribution < 1.29 is 9.84 Å². The summed E-state index contributed by atoms with van der Waals surface area (Å²) < 4.78 is 8.88. The molecule has 0 amide bonds. The van der Waals surface area contributed by atoms with Gasteiger partial charge < -0.3 is 9.84 Å². The second-order valence-corrected chi connectivity index (χ2v) is 3.93. The second-order valence-electron chi connectivity index (χ2n) is 2.78. The first-order valence-corrected chi connectivity index (χ1v) is 5.29. The van der Waals surface area contributed by atoms with Crippen LogP contribution in [0.3, 0.4) is 0 Å². The Balaban J connectivity index is 1.96. The number of benzene rings is 1. The van der Waals surface area contributed by atoms with Gasteiger partial charge in [-0.25, -0.2) is 0 Å². The van der Waals surface area contributed by atoms with Crippen molar-refractivity contribution in [2.75, 3.05) is 0 Å². The SMILES string of the molecule is Oc1nsc(OCc2ccc(Cl)cc2)n1. The Bertz CT molecular complexity index is 444. The van der Waals surface area contributed by atoms with Crippen LogP contribution in [0.1, 0.15) is 5.56 Å². The van der Waals surface area contributed by atoms with Crippen molar-refractivity contribution in [1.29, 1.82) is 0 Å². The van der Waals surface area contributed by atoms with Gasteiger partial charge in [0.05, 0.1) is 0 Å². The Labute approximate surface area is 95.3 Å². The summed E-state index contributed by atoms with van der Waals surface area (Å²) in [6.07, 6.45) is 0. The maximum Gasteiger partial charge on any atom is 0.329 e.